The van der Waals surface area contributed by atoms with Crippen LogP contribution in [0.15, 0.2) is 0 Å². The Hall–Kier alpha value is -0.0400. The lowest BCUT2D eigenvalue weighted by Crippen LogP contribution is -2.47. The van der Waals surface area contributed by atoms with Crippen molar-refractivity contribution in [1.29, 1.82) is 0 Å². The summed E-state index contributed by atoms with van der Waals surface area (Å²) in [7, 11) is 0. The molecule has 0 bridgehead atoms. The second-order valence-corrected chi connectivity index (χ2v) is 7.27. The van der Waals surface area contributed by atoms with Crippen molar-refractivity contribution in [2.45, 2.75) is 65.8 Å². The zero-order valence-corrected chi connectivity index (χ0v) is 15.3. The Kier molecular flexibility index (Phi) is 7.65. The van der Waals surface area contributed by atoms with E-state index in [2.05, 4.69) is 48.7 Å². The van der Waals surface area contributed by atoms with Crippen molar-refractivity contribution in [3.8, 4) is 0 Å². The van der Waals surface area contributed by atoms with E-state index in [4.69, 9.17) is 9.47 Å². The second kappa shape index (κ2) is 7.67. The Bertz CT molecular complexity index is 289. The summed E-state index contributed by atoms with van der Waals surface area (Å²) < 4.78 is 12.1. The summed E-state index contributed by atoms with van der Waals surface area (Å²) in [6.07, 6.45) is -0.246. The molecule has 0 fully saturated rings. The maximum absolute atomic E-state index is 11.6. The standard InChI is InChI=1S/C14H28INO3/c1-10(2)11(3)18-14(7,8-15)9-16-12(17)19-13(4,5)6/h10-11H,8-9H2,1-7H3,(H,16,17). The van der Waals surface area contributed by atoms with Crippen LogP contribution in [0.3, 0.4) is 0 Å². The molecule has 0 radical (unpaired) electrons. The highest BCUT2D eigenvalue weighted by molar-refractivity contribution is 14.1. The predicted octanol–water partition coefficient (Wildman–Crippen LogP) is 3.77. The number of hydrogen-bond acceptors (Lipinski definition) is 3. The molecular weight excluding hydrogens is 357 g/mol. The van der Waals surface area contributed by atoms with E-state index >= 15 is 0 Å². The maximum atomic E-state index is 11.6. The molecule has 2 atom stereocenters. The van der Waals surface area contributed by atoms with Gasteiger partial charge in [0.2, 0.25) is 0 Å². The van der Waals surface area contributed by atoms with E-state index in [1.165, 1.54) is 0 Å². The first-order chi connectivity index (χ1) is 8.49. The molecule has 1 N–H and O–H groups in total. The van der Waals surface area contributed by atoms with Crippen LogP contribution in [0.25, 0.3) is 0 Å². The van der Waals surface area contributed by atoms with Crippen molar-refractivity contribution >= 4 is 28.7 Å². The fraction of sp³-hybridized carbons (Fsp3) is 0.929. The number of carbonyl (C=O) groups excluding carboxylic acids is 1. The fourth-order valence-corrected chi connectivity index (χ4v) is 1.73. The molecule has 114 valence electrons. The first kappa shape index (κ1) is 19.0. The summed E-state index contributed by atoms with van der Waals surface area (Å²) in [6, 6.07) is 0. The van der Waals surface area contributed by atoms with E-state index in [0.29, 0.717) is 12.5 Å². The highest BCUT2D eigenvalue weighted by Gasteiger charge is 2.29. The smallest absolute Gasteiger partial charge is 0.407 e. The quantitative estimate of drug-likeness (QED) is 0.560. The Morgan fingerprint density at radius 3 is 2.11 bits per heavy atom. The van der Waals surface area contributed by atoms with E-state index in [1.54, 1.807) is 0 Å². The van der Waals surface area contributed by atoms with Crippen LogP contribution in [0.5, 0.6) is 0 Å². The molecule has 0 rings (SSSR count). The molecule has 4 nitrogen and oxygen atoms in total. The van der Waals surface area contributed by atoms with Gasteiger partial charge in [-0.2, -0.15) is 0 Å². The van der Waals surface area contributed by atoms with Gasteiger partial charge in [0.05, 0.1) is 18.2 Å². The summed E-state index contributed by atoms with van der Waals surface area (Å²) in [6.45, 7) is 14.3. The number of carbonyl (C=O) groups is 1. The number of nitrogens with one attached hydrogen (secondary N) is 1. The molecule has 0 aromatic rings. The van der Waals surface area contributed by atoms with Crippen molar-refractivity contribution in [3.63, 3.8) is 0 Å². The van der Waals surface area contributed by atoms with E-state index in [-0.39, 0.29) is 11.7 Å². The van der Waals surface area contributed by atoms with Gasteiger partial charge < -0.3 is 14.8 Å². The normalized spacial score (nSPS) is 16.9. The number of alkyl halides is 1. The fourth-order valence-electron chi connectivity index (χ4n) is 1.28. The molecule has 0 saturated carbocycles. The van der Waals surface area contributed by atoms with Gasteiger partial charge in [-0.15, -0.1) is 0 Å². The molecular formula is C14H28INO3. The van der Waals surface area contributed by atoms with Crippen LogP contribution in [0.4, 0.5) is 4.79 Å². The minimum absolute atomic E-state index is 0.153. The van der Waals surface area contributed by atoms with Crippen molar-refractivity contribution in [2.24, 2.45) is 5.92 Å². The molecule has 0 heterocycles. The van der Waals surface area contributed by atoms with E-state index in [1.807, 2.05) is 27.7 Å². The van der Waals surface area contributed by atoms with Gasteiger partial charge in [0, 0.05) is 4.43 Å². The van der Waals surface area contributed by atoms with E-state index < -0.39 is 11.7 Å². The molecule has 0 aliphatic carbocycles. The molecule has 1 amide bonds. The zero-order chi connectivity index (χ0) is 15.3. The van der Waals surface area contributed by atoms with Crippen LogP contribution in [0, 0.1) is 5.92 Å². The molecule has 5 heteroatoms. The number of ether oxygens (including phenoxy) is 2. The average molecular weight is 385 g/mol. The van der Waals surface area contributed by atoms with Crippen molar-refractivity contribution in [3.05, 3.63) is 0 Å². The monoisotopic (exact) mass is 385 g/mol. The van der Waals surface area contributed by atoms with Gasteiger partial charge in [-0.05, 0) is 40.5 Å². The molecule has 2 unspecified atom stereocenters. The molecule has 0 aromatic heterocycles. The first-order valence-electron chi connectivity index (χ1n) is 6.70. The van der Waals surface area contributed by atoms with Crippen LogP contribution in [0.1, 0.15) is 48.5 Å². The minimum atomic E-state index is -0.475. The lowest BCUT2D eigenvalue weighted by atomic mass is 10.1. The Morgan fingerprint density at radius 1 is 1.21 bits per heavy atom. The largest absolute Gasteiger partial charge is 0.444 e. The highest BCUT2D eigenvalue weighted by atomic mass is 127. The lowest BCUT2D eigenvalue weighted by molar-refractivity contribution is -0.0751. The van der Waals surface area contributed by atoms with Crippen molar-refractivity contribution in [1.82, 2.24) is 5.32 Å². The average Bonchev–Trinajstić information content (AvgIpc) is 2.24. The van der Waals surface area contributed by atoms with Crippen molar-refractivity contribution in [2.75, 3.05) is 11.0 Å². The maximum Gasteiger partial charge on any atom is 0.407 e. The predicted molar refractivity (Wildman–Crippen MR) is 86.9 cm³/mol. The molecule has 0 aromatic carbocycles. The summed E-state index contributed by atoms with van der Waals surface area (Å²) >= 11 is 2.28. The summed E-state index contributed by atoms with van der Waals surface area (Å²) in [4.78, 5) is 11.6. The number of halogens is 1. The van der Waals surface area contributed by atoms with Crippen LogP contribution >= 0.6 is 22.6 Å². The summed E-state index contributed by atoms with van der Waals surface area (Å²) in [5.74, 6) is 0.448. The highest BCUT2D eigenvalue weighted by Crippen LogP contribution is 2.19. The first-order valence-corrected chi connectivity index (χ1v) is 8.22. The van der Waals surface area contributed by atoms with E-state index in [9.17, 15) is 4.79 Å². The topological polar surface area (TPSA) is 47.6 Å². The van der Waals surface area contributed by atoms with Gasteiger partial charge in [-0.3, -0.25) is 0 Å². The van der Waals surface area contributed by atoms with Gasteiger partial charge in [-0.25, -0.2) is 4.79 Å². The van der Waals surface area contributed by atoms with Gasteiger partial charge in [-0.1, -0.05) is 36.4 Å². The van der Waals surface area contributed by atoms with Crippen LogP contribution in [-0.4, -0.2) is 34.4 Å². The third-order valence-corrected chi connectivity index (χ3v) is 4.31. The van der Waals surface area contributed by atoms with Crippen LogP contribution in [-0.2, 0) is 9.47 Å². The second-order valence-electron chi connectivity index (χ2n) is 6.51. The molecule has 19 heavy (non-hydrogen) atoms. The minimum Gasteiger partial charge on any atom is -0.444 e. The Morgan fingerprint density at radius 2 is 1.74 bits per heavy atom. The SMILES string of the molecule is CC(C)C(C)OC(C)(CI)CNC(=O)OC(C)(C)C. The zero-order valence-electron chi connectivity index (χ0n) is 13.2. The Balaban J connectivity index is 4.36. The van der Waals surface area contributed by atoms with Crippen LogP contribution in [0.2, 0.25) is 0 Å². The van der Waals surface area contributed by atoms with E-state index in [0.717, 1.165) is 4.43 Å². The summed E-state index contributed by atoms with van der Waals surface area (Å²) in [5.41, 5.74) is -0.849. The number of hydrogen-bond donors (Lipinski definition) is 1. The van der Waals surface area contributed by atoms with Crippen LogP contribution < -0.4 is 5.32 Å². The lowest BCUT2D eigenvalue weighted by Gasteiger charge is -2.33. The number of rotatable bonds is 6. The molecule has 0 aliphatic rings. The van der Waals surface area contributed by atoms with Gasteiger partial charge in [0.1, 0.15) is 5.60 Å². The third-order valence-electron chi connectivity index (χ3n) is 2.70. The van der Waals surface area contributed by atoms with Gasteiger partial charge in [0.15, 0.2) is 0 Å². The summed E-state index contributed by atoms with van der Waals surface area (Å²) in [5, 5.41) is 2.78. The number of alkyl carbamates (subject to hydrolysis) is 1. The van der Waals surface area contributed by atoms with Gasteiger partial charge >= 0.3 is 6.09 Å². The van der Waals surface area contributed by atoms with Crippen molar-refractivity contribution < 1.29 is 14.3 Å². The Labute approximate surface area is 131 Å². The molecule has 0 saturated heterocycles. The van der Waals surface area contributed by atoms with Gasteiger partial charge in [0.25, 0.3) is 0 Å². The number of amides is 1. The molecule has 0 aliphatic heterocycles. The molecule has 0 spiro atoms. The third kappa shape index (κ3) is 8.68.